The van der Waals surface area contributed by atoms with Crippen molar-refractivity contribution in [1.29, 1.82) is 5.26 Å². The molecule has 4 heterocycles. The van der Waals surface area contributed by atoms with Crippen LogP contribution in [-0.2, 0) is 0 Å². The van der Waals surface area contributed by atoms with E-state index < -0.39 is 5.60 Å². The van der Waals surface area contributed by atoms with Crippen LogP contribution in [0.25, 0.3) is 22.1 Å². The van der Waals surface area contributed by atoms with Gasteiger partial charge in [-0.05, 0) is 26.3 Å². The van der Waals surface area contributed by atoms with E-state index in [9.17, 15) is 10.4 Å². The second-order valence-electron chi connectivity index (χ2n) is 8.11. The fourth-order valence-electron chi connectivity index (χ4n) is 3.76. The molecule has 1 unspecified atom stereocenters. The molecular formula is C22H24N6O2S. The molecule has 31 heavy (non-hydrogen) atoms. The van der Waals surface area contributed by atoms with E-state index in [1.807, 2.05) is 25.3 Å². The fourth-order valence-corrected chi connectivity index (χ4v) is 4.36. The molecule has 160 valence electrons. The van der Waals surface area contributed by atoms with Gasteiger partial charge in [-0.25, -0.2) is 15.0 Å². The standard InChI is InChI=1S/C22H24N6O2S/c1-22(2,29)13-4-6-28(12-13)19-9-14(30-3)8-17(26-19)20-15(11-23)16(24)10-18(27-20)21-25-5-7-31-21/h5,7-10,13,29H,4,6,12H2,1-3H3,(H2,24,27). The number of hydrogen-bond acceptors (Lipinski definition) is 9. The Labute approximate surface area is 185 Å². The second kappa shape index (κ2) is 8.13. The first kappa shape index (κ1) is 21.0. The lowest BCUT2D eigenvalue weighted by atomic mass is 9.90. The van der Waals surface area contributed by atoms with Crippen LogP contribution in [0.2, 0.25) is 0 Å². The van der Waals surface area contributed by atoms with E-state index in [1.165, 1.54) is 11.3 Å². The predicted octanol–water partition coefficient (Wildman–Crippen LogP) is 3.33. The van der Waals surface area contributed by atoms with E-state index in [0.29, 0.717) is 45.9 Å². The van der Waals surface area contributed by atoms with Gasteiger partial charge in [0.1, 0.15) is 39.6 Å². The third-order valence-electron chi connectivity index (χ3n) is 5.59. The number of methoxy groups -OCH3 is 1. The molecule has 0 amide bonds. The van der Waals surface area contributed by atoms with Gasteiger partial charge in [-0.1, -0.05) is 0 Å². The van der Waals surface area contributed by atoms with E-state index in [-0.39, 0.29) is 11.5 Å². The summed E-state index contributed by atoms with van der Waals surface area (Å²) < 4.78 is 5.51. The third-order valence-corrected chi connectivity index (χ3v) is 6.38. The molecule has 0 spiro atoms. The van der Waals surface area contributed by atoms with E-state index in [2.05, 4.69) is 20.9 Å². The molecule has 1 fully saturated rings. The molecule has 3 aromatic heterocycles. The van der Waals surface area contributed by atoms with Crippen molar-refractivity contribution in [3.8, 4) is 33.9 Å². The number of aliphatic hydroxyl groups is 1. The lowest BCUT2D eigenvalue weighted by Gasteiger charge is -2.26. The van der Waals surface area contributed by atoms with Crippen molar-refractivity contribution < 1.29 is 9.84 Å². The topological polar surface area (TPSA) is 121 Å². The van der Waals surface area contributed by atoms with Gasteiger partial charge in [-0.15, -0.1) is 11.3 Å². The maximum Gasteiger partial charge on any atom is 0.141 e. The normalized spacial score (nSPS) is 16.4. The van der Waals surface area contributed by atoms with Crippen molar-refractivity contribution in [2.75, 3.05) is 30.8 Å². The van der Waals surface area contributed by atoms with Gasteiger partial charge in [0.05, 0.1) is 24.1 Å². The molecule has 0 radical (unpaired) electrons. The molecule has 3 N–H and O–H groups in total. The number of nitrogen functional groups attached to an aromatic ring is 1. The van der Waals surface area contributed by atoms with Gasteiger partial charge in [0.2, 0.25) is 0 Å². The van der Waals surface area contributed by atoms with Crippen molar-refractivity contribution in [3.05, 3.63) is 35.3 Å². The second-order valence-corrected chi connectivity index (χ2v) is 9.00. The van der Waals surface area contributed by atoms with Gasteiger partial charge < -0.3 is 20.5 Å². The quantitative estimate of drug-likeness (QED) is 0.625. The average Bonchev–Trinajstić information content (AvgIpc) is 3.44. The Morgan fingerprint density at radius 1 is 1.29 bits per heavy atom. The van der Waals surface area contributed by atoms with Crippen molar-refractivity contribution in [2.45, 2.75) is 25.9 Å². The third kappa shape index (κ3) is 4.17. The van der Waals surface area contributed by atoms with Crippen LogP contribution in [0.3, 0.4) is 0 Å². The Morgan fingerprint density at radius 3 is 2.71 bits per heavy atom. The first-order valence-corrected chi connectivity index (χ1v) is 10.8. The lowest BCUT2D eigenvalue weighted by molar-refractivity contribution is 0.0263. The molecule has 1 aliphatic rings. The monoisotopic (exact) mass is 436 g/mol. The molecule has 0 bridgehead atoms. The number of thiazole rings is 1. The van der Waals surface area contributed by atoms with E-state index in [1.54, 1.807) is 25.4 Å². The average molecular weight is 437 g/mol. The van der Waals surface area contributed by atoms with Crippen LogP contribution < -0.4 is 15.4 Å². The van der Waals surface area contributed by atoms with Crippen LogP contribution in [-0.4, -0.2) is 45.9 Å². The Hall–Kier alpha value is -3.22. The highest BCUT2D eigenvalue weighted by Crippen LogP contribution is 2.35. The molecule has 1 saturated heterocycles. The SMILES string of the molecule is COc1cc(-c2nc(-c3nccs3)cc(N)c2C#N)nc(N2CCC(C(C)(C)O)C2)c1. The molecule has 0 aliphatic carbocycles. The van der Waals surface area contributed by atoms with E-state index in [0.717, 1.165) is 13.0 Å². The van der Waals surface area contributed by atoms with Gasteiger partial charge in [-0.2, -0.15) is 5.26 Å². The molecule has 8 nitrogen and oxygen atoms in total. The molecule has 4 rings (SSSR count). The molecule has 9 heteroatoms. The predicted molar refractivity (Wildman–Crippen MR) is 121 cm³/mol. The van der Waals surface area contributed by atoms with Crippen LogP contribution in [0.5, 0.6) is 5.75 Å². The summed E-state index contributed by atoms with van der Waals surface area (Å²) in [6.45, 7) is 5.13. The molecular weight excluding hydrogens is 412 g/mol. The van der Waals surface area contributed by atoms with Gasteiger partial charge in [-0.3, -0.25) is 0 Å². The first-order chi connectivity index (χ1) is 14.8. The number of nitrogens with zero attached hydrogens (tertiary/aromatic N) is 5. The highest BCUT2D eigenvalue weighted by Gasteiger charge is 2.34. The van der Waals surface area contributed by atoms with Gasteiger partial charge in [0, 0.05) is 42.7 Å². The number of ether oxygens (including phenoxy) is 1. The Morgan fingerprint density at radius 2 is 2.10 bits per heavy atom. The number of aromatic nitrogens is 3. The van der Waals surface area contributed by atoms with Crippen molar-refractivity contribution in [2.24, 2.45) is 5.92 Å². The zero-order valence-corrected chi connectivity index (χ0v) is 18.5. The lowest BCUT2D eigenvalue weighted by Crippen LogP contribution is -2.33. The van der Waals surface area contributed by atoms with Crippen LogP contribution in [0, 0.1) is 17.2 Å². The summed E-state index contributed by atoms with van der Waals surface area (Å²) in [4.78, 5) is 15.9. The summed E-state index contributed by atoms with van der Waals surface area (Å²) in [6.07, 6.45) is 2.57. The zero-order valence-electron chi connectivity index (χ0n) is 17.7. The largest absolute Gasteiger partial charge is 0.497 e. The molecule has 0 saturated carbocycles. The summed E-state index contributed by atoms with van der Waals surface area (Å²) in [5, 5.41) is 22.7. The summed E-state index contributed by atoms with van der Waals surface area (Å²) >= 11 is 1.45. The number of nitriles is 1. The Bertz CT molecular complexity index is 1130. The number of hydrogen-bond donors (Lipinski definition) is 2. The minimum atomic E-state index is -0.761. The Balaban J connectivity index is 1.80. The summed E-state index contributed by atoms with van der Waals surface area (Å²) in [6, 6.07) is 7.43. The Kier molecular flexibility index (Phi) is 5.52. The summed E-state index contributed by atoms with van der Waals surface area (Å²) in [5.41, 5.74) is 7.51. The van der Waals surface area contributed by atoms with E-state index >= 15 is 0 Å². The van der Waals surface area contributed by atoms with Gasteiger partial charge in [0.25, 0.3) is 0 Å². The van der Waals surface area contributed by atoms with Crippen molar-refractivity contribution >= 4 is 22.8 Å². The maximum absolute atomic E-state index is 10.4. The summed E-state index contributed by atoms with van der Waals surface area (Å²) in [7, 11) is 1.59. The number of anilines is 2. The minimum absolute atomic E-state index is 0.139. The molecule has 3 aromatic rings. The van der Waals surface area contributed by atoms with Crippen molar-refractivity contribution in [1.82, 2.24) is 15.0 Å². The fraction of sp³-hybridized carbons (Fsp3) is 0.364. The minimum Gasteiger partial charge on any atom is -0.497 e. The zero-order chi connectivity index (χ0) is 22.2. The molecule has 0 aromatic carbocycles. The summed E-state index contributed by atoms with van der Waals surface area (Å²) in [5.74, 6) is 1.46. The van der Waals surface area contributed by atoms with Crippen LogP contribution in [0.4, 0.5) is 11.5 Å². The molecule has 1 aliphatic heterocycles. The van der Waals surface area contributed by atoms with Crippen LogP contribution in [0.15, 0.2) is 29.8 Å². The van der Waals surface area contributed by atoms with Crippen LogP contribution >= 0.6 is 11.3 Å². The van der Waals surface area contributed by atoms with E-state index in [4.69, 9.17) is 15.5 Å². The van der Waals surface area contributed by atoms with Gasteiger partial charge >= 0.3 is 0 Å². The van der Waals surface area contributed by atoms with Crippen molar-refractivity contribution in [3.63, 3.8) is 0 Å². The smallest absolute Gasteiger partial charge is 0.141 e. The highest BCUT2D eigenvalue weighted by atomic mass is 32.1. The number of pyridine rings is 2. The molecule has 1 atom stereocenters. The maximum atomic E-state index is 10.4. The first-order valence-electron chi connectivity index (χ1n) is 9.94. The highest BCUT2D eigenvalue weighted by molar-refractivity contribution is 7.13. The van der Waals surface area contributed by atoms with Gasteiger partial charge in [0.15, 0.2) is 0 Å². The number of nitrogens with two attached hydrogens (primary N) is 1. The van der Waals surface area contributed by atoms with Crippen LogP contribution in [0.1, 0.15) is 25.8 Å². The number of rotatable bonds is 5.